The number of nitrogens with zero attached hydrogens (tertiary/aromatic N) is 2. The molecule has 2 aliphatic rings. The van der Waals surface area contributed by atoms with E-state index in [4.69, 9.17) is 19.0 Å². The lowest BCUT2D eigenvalue weighted by Gasteiger charge is -2.29. The van der Waals surface area contributed by atoms with Gasteiger partial charge in [0.25, 0.3) is 5.91 Å². The molecular formula is C29H38N2O7. The van der Waals surface area contributed by atoms with E-state index in [1.54, 1.807) is 7.11 Å². The molecule has 1 amide bonds. The van der Waals surface area contributed by atoms with E-state index in [-0.39, 0.29) is 25.2 Å². The van der Waals surface area contributed by atoms with Crippen LogP contribution in [0.5, 0.6) is 17.2 Å². The van der Waals surface area contributed by atoms with Crippen LogP contribution in [-0.4, -0.2) is 73.1 Å². The molecule has 2 heterocycles. The Morgan fingerprint density at radius 2 is 1.89 bits per heavy atom. The van der Waals surface area contributed by atoms with E-state index < -0.39 is 17.9 Å². The lowest BCUT2D eigenvalue weighted by atomic mass is 9.83. The van der Waals surface area contributed by atoms with Crippen LogP contribution >= 0.6 is 0 Å². The van der Waals surface area contributed by atoms with Gasteiger partial charge in [-0.15, -0.1) is 0 Å². The molecule has 0 spiro atoms. The number of benzene rings is 2. The molecule has 2 aliphatic heterocycles. The third-order valence-corrected chi connectivity index (χ3v) is 7.26. The maximum atomic E-state index is 13.5. The Hall–Kier alpha value is -3.30. The highest BCUT2D eigenvalue weighted by molar-refractivity contribution is 5.78. The molecule has 0 aliphatic carbocycles. The van der Waals surface area contributed by atoms with Gasteiger partial charge in [-0.2, -0.15) is 0 Å². The van der Waals surface area contributed by atoms with E-state index in [1.807, 2.05) is 54.3 Å². The molecule has 0 bridgehead atoms. The van der Waals surface area contributed by atoms with Crippen molar-refractivity contribution in [1.82, 2.24) is 9.96 Å². The molecule has 1 N–H and O–H groups in total. The summed E-state index contributed by atoms with van der Waals surface area (Å²) in [6.07, 6.45) is 2.99. The number of carbonyl (C=O) groups is 2. The van der Waals surface area contributed by atoms with Crippen molar-refractivity contribution in [2.75, 3.05) is 40.1 Å². The number of ether oxygens (including phenoxy) is 3. The normalized spacial score (nSPS) is 20.4. The fourth-order valence-electron chi connectivity index (χ4n) is 5.34. The number of unbranched alkanes of at least 4 members (excludes halogenated alkanes) is 1. The Bertz CT molecular complexity index is 1100. The van der Waals surface area contributed by atoms with Crippen molar-refractivity contribution < 1.29 is 33.7 Å². The van der Waals surface area contributed by atoms with E-state index in [0.29, 0.717) is 43.4 Å². The van der Waals surface area contributed by atoms with Gasteiger partial charge >= 0.3 is 5.97 Å². The van der Waals surface area contributed by atoms with Gasteiger partial charge in [0.2, 0.25) is 6.79 Å². The second-order valence-electron chi connectivity index (χ2n) is 9.78. The second kappa shape index (κ2) is 13.0. The van der Waals surface area contributed by atoms with Crippen molar-refractivity contribution in [3.05, 3.63) is 53.6 Å². The first-order valence-electron chi connectivity index (χ1n) is 13.4. The number of rotatable bonds is 13. The molecule has 1 unspecified atom stereocenters. The number of hydrogen-bond acceptors (Lipinski definition) is 7. The van der Waals surface area contributed by atoms with E-state index in [9.17, 15) is 14.7 Å². The quantitative estimate of drug-likeness (QED) is 0.390. The van der Waals surface area contributed by atoms with Gasteiger partial charge in [-0.05, 0) is 48.6 Å². The summed E-state index contributed by atoms with van der Waals surface area (Å²) in [4.78, 5) is 34.0. The smallest absolute Gasteiger partial charge is 0.308 e. The summed E-state index contributed by atoms with van der Waals surface area (Å²) in [5.74, 6) is -0.175. The number of aliphatic carboxylic acids is 1. The minimum atomic E-state index is -0.896. The maximum Gasteiger partial charge on any atom is 0.308 e. The Kier molecular flexibility index (Phi) is 9.47. The molecule has 4 rings (SSSR count). The van der Waals surface area contributed by atoms with Gasteiger partial charge in [-0.1, -0.05) is 44.5 Å². The number of methoxy groups -OCH3 is 1. The molecule has 2 aromatic carbocycles. The predicted molar refractivity (Wildman–Crippen MR) is 141 cm³/mol. The van der Waals surface area contributed by atoms with Gasteiger partial charge in [0.1, 0.15) is 5.75 Å². The van der Waals surface area contributed by atoms with Crippen LogP contribution in [0.2, 0.25) is 0 Å². The van der Waals surface area contributed by atoms with Crippen LogP contribution in [0.1, 0.15) is 50.2 Å². The average Bonchev–Trinajstić information content (AvgIpc) is 3.53. The molecule has 1 saturated heterocycles. The zero-order chi connectivity index (χ0) is 27.1. The Morgan fingerprint density at radius 1 is 1.11 bits per heavy atom. The van der Waals surface area contributed by atoms with Crippen LogP contribution in [0.25, 0.3) is 0 Å². The molecule has 9 heteroatoms. The standard InChI is InChI=1S/C29H38N2O7/c1-4-6-13-31(38-14-5-2)27(32)18-30-17-22(20-11-12-25-26(16-20)37-19-36-25)28(29(33)34)23(30)15-21-9-7-8-10-24(21)35-3/h7-12,16,22-23,28H,4-6,13-15,17-19H2,1-3H3,(H,33,34)/t22-,23+,28?/m1/s1. The lowest BCUT2D eigenvalue weighted by molar-refractivity contribution is -0.188. The molecule has 3 atom stereocenters. The van der Waals surface area contributed by atoms with Crippen molar-refractivity contribution in [3.8, 4) is 17.2 Å². The summed E-state index contributed by atoms with van der Waals surface area (Å²) < 4.78 is 16.6. The third kappa shape index (κ3) is 6.22. The van der Waals surface area contributed by atoms with Crippen LogP contribution < -0.4 is 14.2 Å². The highest BCUT2D eigenvalue weighted by Gasteiger charge is 2.47. The van der Waals surface area contributed by atoms with Gasteiger partial charge in [0.05, 0.1) is 26.2 Å². The number of fused-ring (bicyclic) bond motifs is 1. The van der Waals surface area contributed by atoms with Crippen LogP contribution in [-0.2, 0) is 20.8 Å². The van der Waals surface area contributed by atoms with Crippen molar-refractivity contribution in [1.29, 1.82) is 0 Å². The average molecular weight is 527 g/mol. The molecule has 9 nitrogen and oxygen atoms in total. The first kappa shape index (κ1) is 27.7. The topological polar surface area (TPSA) is 97.8 Å². The summed E-state index contributed by atoms with van der Waals surface area (Å²) in [5, 5.41) is 11.9. The number of likely N-dealkylation sites (tertiary alicyclic amines) is 1. The van der Waals surface area contributed by atoms with Crippen LogP contribution in [0.3, 0.4) is 0 Å². The largest absolute Gasteiger partial charge is 0.496 e. The highest BCUT2D eigenvalue weighted by atomic mass is 16.7. The Balaban J connectivity index is 1.66. The summed E-state index contributed by atoms with van der Waals surface area (Å²) in [5.41, 5.74) is 1.76. The van der Waals surface area contributed by atoms with Crippen LogP contribution in [0.4, 0.5) is 0 Å². The lowest BCUT2D eigenvalue weighted by Crippen LogP contribution is -2.45. The number of hydrogen-bond donors (Lipinski definition) is 1. The van der Waals surface area contributed by atoms with Gasteiger partial charge in [-0.3, -0.25) is 19.3 Å². The number of carboxylic acids is 1. The first-order valence-corrected chi connectivity index (χ1v) is 13.4. The van der Waals surface area contributed by atoms with Crippen molar-refractivity contribution >= 4 is 11.9 Å². The van der Waals surface area contributed by atoms with E-state index in [2.05, 4.69) is 6.92 Å². The van der Waals surface area contributed by atoms with Gasteiger partial charge < -0.3 is 19.3 Å². The first-order chi connectivity index (χ1) is 18.5. The SMILES string of the molecule is CCCCN(OCCC)C(=O)CN1C[C@H](c2ccc3c(c2)OCO3)C(C(=O)O)[C@@H]1Cc1ccccc1OC. The second-order valence-corrected chi connectivity index (χ2v) is 9.78. The number of amides is 1. The fraction of sp³-hybridized carbons (Fsp3) is 0.517. The van der Waals surface area contributed by atoms with Gasteiger partial charge in [0, 0.05) is 25.0 Å². The number of para-hydroxylation sites is 1. The van der Waals surface area contributed by atoms with Gasteiger partial charge in [-0.25, -0.2) is 5.06 Å². The number of carboxylic acid groups (broad SMARTS) is 1. The van der Waals surface area contributed by atoms with E-state index in [0.717, 1.165) is 30.4 Å². The Labute approximate surface area is 224 Å². The zero-order valence-electron chi connectivity index (χ0n) is 22.4. The highest BCUT2D eigenvalue weighted by Crippen LogP contribution is 2.43. The maximum absolute atomic E-state index is 13.5. The Morgan fingerprint density at radius 3 is 2.63 bits per heavy atom. The zero-order valence-corrected chi connectivity index (χ0v) is 22.4. The molecular weight excluding hydrogens is 488 g/mol. The molecule has 206 valence electrons. The minimum absolute atomic E-state index is 0.0675. The summed E-state index contributed by atoms with van der Waals surface area (Å²) >= 11 is 0. The predicted octanol–water partition coefficient (Wildman–Crippen LogP) is 4.11. The van der Waals surface area contributed by atoms with Crippen LogP contribution in [0.15, 0.2) is 42.5 Å². The van der Waals surface area contributed by atoms with Crippen molar-refractivity contribution in [2.24, 2.45) is 5.92 Å². The van der Waals surface area contributed by atoms with Gasteiger partial charge in [0.15, 0.2) is 11.5 Å². The summed E-state index contributed by atoms with van der Waals surface area (Å²) in [6.45, 7) is 5.66. The number of carbonyl (C=O) groups excluding carboxylic acids is 1. The summed E-state index contributed by atoms with van der Waals surface area (Å²) in [7, 11) is 1.61. The van der Waals surface area contributed by atoms with E-state index in [1.165, 1.54) is 5.06 Å². The minimum Gasteiger partial charge on any atom is -0.496 e. The molecule has 0 radical (unpaired) electrons. The molecule has 1 fully saturated rings. The number of hydroxylamine groups is 2. The molecule has 2 aromatic rings. The van der Waals surface area contributed by atoms with E-state index >= 15 is 0 Å². The molecule has 0 saturated carbocycles. The monoisotopic (exact) mass is 526 g/mol. The van der Waals surface area contributed by atoms with Crippen molar-refractivity contribution in [2.45, 2.75) is 51.5 Å². The molecule has 38 heavy (non-hydrogen) atoms. The van der Waals surface area contributed by atoms with Crippen molar-refractivity contribution in [3.63, 3.8) is 0 Å². The summed E-state index contributed by atoms with van der Waals surface area (Å²) in [6, 6.07) is 12.8. The third-order valence-electron chi connectivity index (χ3n) is 7.26. The molecule has 0 aromatic heterocycles. The fourth-order valence-corrected chi connectivity index (χ4v) is 5.34. The van der Waals surface area contributed by atoms with Crippen LogP contribution in [0, 0.1) is 5.92 Å².